The van der Waals surface area contributed by atoms with Crippen molar-refractivity contribution in [2.24, 2.45) is 5.73 Å². The lowest BCUT2D eigenvalue weighted by molar-refractivity contribution is -0.137. The van der Waals surface area contributed by atoms with E-state index >= 15 is 0 Å². The first-order valence-electron chi connectivity index (χ1n) is 11.7. The lowest BCUT2D eigenvalue weighted by Crippen LogP contribution is -2.38. The van der Waals surface area contributed by atoms with E-state index < -0.39 is 46.7 Å². The fraction of sp³-hybridized carbons (Fsp3) is 0.360. The van der Waals surface area contributed by atoms with Crippen LogP contribution < -0.4 is 10.5 Å². The van der Waals surface area contributed by atoms with E-state index in [1.807, 2.05) is 0 Å². The van der Waals surface area contributed by atoms with Crippen molar-refractivity contribution >= 4 is 21.8 Å². The van der Waals surface area contributed by atoms with Gasteiger partial charge < -0.3 is 24.4 Å². The van der Waals surface area contributed by atoms with Gasteiger partial charge in [-0.25, -0.2) is 13.8 Å². The number of oxazole rings is 1. The minimum Gasteiger partial charge on any atom is -0.475 e. The predicted molar refractivity (Wildman–Crippen MR) is 131 cm³/mol. The molecule has 1 atom stereocenters. The quantitative estimate of drug-likeness (QED) is 0.253. The first-order valence-corrected chi connectivity index (χ1v) is 12.5. The third kappa shape index (κ3) is 7.12. The molecule has 2 aromatic carbocycles. The van der Waals surface area contributed by atoms with Crippen LogP contribution in [0.4, 0.5) is 22.0 Å². The molecule has 1 aromatic heterocycles. The number of nitrogens with two attached hydrogens (primary N) is 1. The van der Waals surface area contributed by atoms with Crippen molar-refractivity contribution < 1.29 is 45.4 Å². The molecule has 2 N–H and O–H groups in total. The van der Waals surface area contributed by atoms with Crippen molar-refractivity contribution in [1.82, 2.24) is 9.88 Å². The molecule has 0 bridgehead atoms. The van der Waals surface area contributed by atoms with E-state index in [2.05, 4.69) is 25.8 Å². The standard InChI is InChI=1S/C25H23BrF5N3O5/c26-22-21(14-1-3-15(4-2-14)25(29,30)31)33-24(39-22)18(13-37-12-9-34-7-10-36-11-8-34)38-17-6-5-16(27)19(20(17)28)23(32)35/h1-6,18H,7-13H2,(H2,32,35). The van der Waals surface area contributed by atoms with Crippen LogP contribution in [0, 0.1) is 11.6 Å². The lowest BCUT2D eigenvalue weighted by atomic mass is 10.1. The van der Waals surface area contributed by atoms with Gasteiger partial charge >= 0.3 is 6.18 Å². The summed E-state index contributed by atoms with van der Waals surface area (Å²) in [7, 11) is 0. The van der Waals surface area contributed by atoms with Crippen LogP contribution in [0.25, 0.3) is 11.3 Å². The Labute approximate surface area is 228 Å². The van der Waals surface area contributed by atoms with E-state index in [4.69, 9.17) is 24.4 Å². The number of halogens is 6. The van der Waals surface area contributed by atoms with Gasteiger partial charge in [0.25, 0.3) is 5.91 Å². The molecular formula is C25H23BrF5N3O5. The second-order valence-electron chi connectivity index (χ2n) is 8.48. The van der Waals surface area contributed by atoms with Gasteiger partial charge in [0, 0.05) is 25.2 Å². The number of amides is 1. The number of aromatic nitrogens is 1. The van der Waals surface area contributed by atoms with Crippen LogP contribution >= 0.6 is 15.9 Å². The molecule has 2 heterocycles. The molecule has 1 aliphatic rings. The molecule has 8 nitrogen and oxygen atoms in total. The molecule has 1 fully saturated rings. The third-order valence-corrected chi connectivity index (χ3v) is 6.40. The van der Waals surface area contributed by atoms with Crippen LogP contribution in [-0.4, -0.2) is 61.9 Å². The van der Waals surface area contributed by atoms with Crippen LogP contribution in [0.1, 0.15) is 27.9 Å². The highest BCUT2D eigenvalue weighted by Gasteiger charge is 2.31. The maximum Gasteiger partial charge on any atom is 0.416 e. The molecule has 0 spiro atoms. The largest absolute Gasteiger partial charge is 0.475 e. The van der Waals surface area contributed by atoms with Crippen LogP contribution in [0.3, 0.4) is 0 Å². The highest BCUT2D eigenvalue weighted by Crippen LogP contribution is 2.36. The molecule has 39 heavy (non-hydrogen) atoms. The van der Waals surface area contributed by atoms with Crippen LogP contribution in [0.15, 0.2) is 45.5 Å². The van der Waals surface area contributed by atoms with Gasteiger partial charge in [-0.3, -0.25) is 9.69 Å². The molecule has 1 amide bonds. The topological polar surface area (TPSA) is 100 Å². The monoisotopic (exact) mass is 619 g/mol. The summed E-state index contributed by atoms with van der Waals surface area (Å²) in [4.78, 5) is 18.0. The smallest absolute Gasteiger partial charge is 0.416 e. The summed E-state index contributed by atoms with van der Waals surface area (Å²) in [5.74, 6) is -4.40. The van der Waals surface area contributed by atoms with Crippen LogP contribution in [0.5, 0.6) is 5.75 Å². The van der Waals surface area contributed by atoms with Gasteiger partial charge in [-0.05, 0) is 40.2 Å². The van der Waals surface area contributed by atoms with Gasteiger partial charge in [-0.1, -0.05) is 12.1 Å². The molecule has 1 aliphatic heterocycles. The fourth-order valence-electron chi connectivity index (χ4n) is 3.82. The molecule has 1 unspecified atom stereocenters. The second kappa shape index (κ2) is 12.4. The molecule has 4 rings (SSSR count). The van der Waals surface area contributed by atoms with Crippen LogP contribution in [-0.2, 0) is 15.7 Å². The average molecular weight is 620 g/mol. The van der Waals surface area contributed by atoms with Gasteiger partial charge in [0.2, 0.25) is 5.89 Å². The van der Waals surface area contributed by atoms with E-state index in [0.29, 0.717) is 25.3 Å². The minimum absolute atomic E-state index is 0.0802. The third-order valence-electron chi connectivity index (χ3n) is 5.86. The summed E-state index contributed by atoms with van der Waals surface area (Å²) >= 11 is 3.20. The number of benzene rings is 2. The number of morpholine rings is 1. The van der Waals surface area contributed by atoms with Gasteiger partial charge in [0.1, 0.15) is 17.1 Å². The van der Waals surface area contributed by atoms with Gasteiger partial charge in [0.15, 0.2) is 22.3 Å². The summed E-state index contributed by atoms with van der Waals surface area (Å²) in [6.45, 7) is 3.35. The average Bonchev–Trinajstić information content (AvgIpc) is 3.28. The Bertz CT molecular complexity index is 1300. The molecule has 14 heteroatoms. The number of carbonyl (C=O) groups excluding carboxylic acids is 1. The number of primary amides is 1. The highest BCUT2D eigenvalue weighted by atomic mass is 79.9. The van der Waals surface area contributed by atoms with Crippen molar-refractivity contribution in [3.05, 3.63) is 69.7 Å². The summed E-state index contributed by atoms with van der Waals surface area (Å²) in [5.41, 5.74) is 3.76. The summed E-state index contributed by atoms with van der Waals surface area (Å²) in [6.07, 6.45) is -5.69. The molecule has 0 saturated carbocycles. The molecule has 1 saturated heterocycles. The summed E-state index contributed by atoms with van der Waals surface area (Å²) in [5, 5.41) is 0. The Morgan fingerprint density at radius 3 is 2.46 bits per heavy atom. The number of alkyl halides is 3. The fourth-order valence-corrected chi connectivity index (χ4v) is 4.30. The van der Waals surface area contributed by atoms with Crippen LogP contribution in [0.2, 0.25) is 0 Å². The Balaban J connectivity index is 1.58. The number of ether oxygens (including phenoxy) is 3. The Morgan fingerprint density at radius 2 is 1.82 bits per heavy atom. The molecule has 210 valence electrons. The van der Waals surface area contributed by atoms with Crippen molar-refractivity contribution in [3.63, 3.8) is 0 Å². The second-order valence-corrected chi connectivity index (χ2v) is 9.20. The number of carbonyl (C=O) groups is 1. The Morgan fingerprint density at radius 1 is 1.13 bits per heavy atom. The van der Waals surface area contributed by atoms with Crippen molar-refractivity contribution in [2.75, 3.05) is 46.1 Å². The van der Waals surface area contributed by atoms with E-state index in [0.717, 1.165) is 37.4 Å². The number of nitrogens with zero attached hydrogens (tertiary/aromatic N) is 2. The summed E-state index contributed by atoms with van der Waals surface area (Å²) in [6, 6.07) is 6.06. The van der Waals surface area contributed by atoms with Gasteiger partial charge in [-0.15, -0.1) is 0 Å². The zero-order chi connectivity index (χ0) is 28.2. The normalized spacial score (nSPS) is 15.3. The van der Waals surface area contributed by atoms with Gasteiger partial charge in [-0.2, -0.15) is 13.2 Å². The van der Waals surface area contributed by atoms with Crippen molar-refractivity contribution in [2.45, 2.75) is 12.3 Å². The van der Waals surface area contributed by atoms with E-state index in [9.17, 15) is 26.7 Å². The first kappa shape index (κ1) is 28.9. The maximum atomic E-state index is 14.9. The number of rotatable bonds is 10. The lowest BCUT2D eigenvalue weighted by Gasteiger charge is -2.26. The molecule has 0 radical (unpaired) electrons. The zero-order valence-electron chi connectivity index (χ0n) is 20.3. The molecule has 0 aliphatic carbocycles. The highest BCUT2D eigenvalue weighted by molar-refractivity contribution is 9.10. The Hall–Kier alpha value is -3.07. The minimum atomic E-state index is -4.51. The maximum absolute atomic E-state index is 14.9. The molecule has 3 aromatic rings. The van der Waals surface area contributed by atoms with Gasteiger partial charge in [0.05, 0.1) is 32.0 Å². The molecular weight excluding hydrogens is 597 g/mol. The van der Waals surface area contributed by atoms with E-state index in [1.165, 1.54) is 12.1 Å². The SMILES string of the molecule is NC(=O)c1c(F)ccc(OC(COCCN2CCOCC2)c2nc(-c3ccc(C(F)(F)F)cc3)c(Br)o2)c1F. The first-order chi connectivity index (χ1) is 18.5. The zero-order valence-corrected chi connectivity index (χ0v) is 21.9. The van der Waals surface area contributed by atoms with E-state index in [1.54, 1.807) is 0 Å². The number of hydrogen-bond acceptors (Lipinski definition) is 7. The van der Waals surface area contributed by atoms with Crippen molar-refractivity contribution in [1.29, 1.82) is 0 Å². The number of hydrogen-bond donors (Lipinski definition) is 1. The van der Waals surface area contributed by atoms with Crippen molar-refractivity contribution in [3.8, 4) is 17.0 Å². The Kier molecular flexibility index (Phi) is 9.20. The summed E-state index contributed by atoms with van der Waals surface area (Å²) < 4.78 is 90.2. The predicted octanol–water partition coefficient (Wildman–Crippen LogP) is 4.97. The van der Waals surface area contributed by atoms with E-state index in [-0.39, 0.29) is 29.5 Å².